The Kier molecular flexibility index (Phi) is 2.38. The Bertz CT molecular complexity index is 236. The Morgan fingerprint density at radius 3 is 2.50 bits per heavy atom. The maximum atomic E-state index is 11.7. The molecule has 0 heterocycles. The molecule has 0 spiro atoms. The van der Waals surface area contributed by atoms with Crippen molar-refractivity contribution in [1.82, 2.24) is 0 Å². The van der Waals surface area contributed by atoms with Crippen molar-refractivity contribution in [1.29, 1.82) is 0 Å². The topological polar surface area (TPSA) is 37.3 Å². The van der Waals surface area contributed by atoms with Crippen LogP contribution in [0.2, 0.25) is 0 Å². The van der Waals surface area contributed by atoms with E-state index in [4.69, 9.17) is 5.11 Å². The molecule has 0 saturated heterocycles. The molecule has 1 aliphatic rings. The van der Waals surface area contributed by atoms with E-state index in [1.165, 1.54) is 0 Å². The summed E-state index contributed by atoms with van der Waals surface area (Å²) in [6.45, 7) is 5.71. The van der Waals surface area contributed by atoms with E-state index in [9.17, 15) is 4.79 Å². The third kappa shape index (κ3) is 1.44. The summed E-state index contributed by atoms with van der Waals surface area (Å²) >= 11 is 0. The number of carbonyl (C=O) groups is 1. The number of hydrogen-bond donors (Lipinski definition) is 1. The number of aliphatic hydroxyl groups excluding tert-OH is 1. The summed E-state index contributed by atoms with van der Waals surface area (Å²) in [5, 5.41) is 8.99. The molecule has 0 aliphatic heterocycles. The van der Waals surface area contributed by atoms with Gasteiger partial charge in [0.1, 0.15) is 0 Å². The van der Waals surface area contributed by atoms with Gasteiger partial charge >= 0.3 is 0 Å². The van der Waals surface area contributed by atoms with Crippen LogP contribution in [0.4, 0.5) is 0 Å². The van der Waals surface area contributed by atoms with Crippen LogP contribution in [0.1, 0.15) is 33.6 Å². The molecule has 12 heavy (non-hydrogen) atoms. The lowest BCUT2D eigenvalue weighted by Crippen LogP contribution is -2.31. The molecular formula is C10H16O2. The quantitative estimate of drug-likeness (QED) is 0.646. The first kappa shape index (κ1) is 9.46. The Morgan fingerprint density at radius 2 is 2.08 bits per heavy atom. The van der Waals surface area contributed by atoms with Crippen molar-refractivity contribution in [2.75, 3.05) is 6.61 Å². The van der Waals surface area contributed by atoms with Gasteiger partial charge in [0, 0.05) is 11.0 Å². The van der Waals surface area contributed by atoms with Crippen molar-refractivity contribution in [3.05, 3.63) is 11.1 Å². The second-order valence-electron chi connectivity index (χ2n) is 4.13. The Labute approximate surface area is 73.3 Å². The number of allylic oxidation sites excluding steroid dienone is 1. The van der Waals surface area contributed by atoms with Crippen LogP contribution in [0.15, 0.2) is 11.1 Å². The van der Waals surface area contributed by atoms with Crippen LogP contribution in [0.5, 0.6) is 0 Å². The first-order valence-electron chi connectivity index (χ1n) is 4.33. The van der Waals surface area contributed by atoms with E-state index in [1.807, 2.05) is 20.8 Å². The van der Waals surface area contributed by atoms with E-state index >= 15 is 0 Å². The average Bonchev–Trinajstić information content (AvgIpc) is 2.00. The van der Waals surface area contributed by atoms with Crippen molar-refractivity contribution in [2.24, 2.45) is 5.41 Å². The molecule has 1 N–H and O–H groups in total. The highest BCUT2D eigenvalue weighted by Gasteiger charge is 2.33. The van der Waals surface area contributed by atoms with Crippen LogP contribution >= 0.6 is 0 Å². The smallest absolute Gasteiger partial charge is 0.166 e. The molecule has 0 unspecified atom stereocenters. The van der Waals surface area contributed by atoms with Gasteiger partial charge in [0.2, 0.25) is 0 Å². The SMILES string of the molecule is CC1=C(CO)C(=O)C(C)(C)CC1. The number of ketones is 1. The third-order valence-electron chi connectivity index (χ3n) is 2.69. The van der Waals surface area contributed by atoms with E-state index < -0.39 is 0 Å². The van der Waals surface area contributed by atoms with Crippen LogP contribution in [0, 0.1) is 5.41 Å². The predicted molar refractivity (Wildman–Crippen MR) is 47.8 cm³/mol. The van der Waals surface area contributed by atoms with E-state index in [-0.39, 0.29) is 17.8 Å². The van der Waals surface area contributed by atoms with Crippen LogP contribution in [0.3, 0.4) is 0 Å². The molecule has 2 heteroatoms. The number of rotatable bonds is 1. The van der Waals surface area contributed by atoms with E-state index in [1.54, 1.807) is 0 Å². The van der Waals surface area contributed by atoms with Gasteiger partial charge in [-0.1, -0.05) is 19.4 Å². The Balaban J connectivity index is 3.01. The van der Waals surface area contributed by atoms with Gasteiger partial charge in [-0.05, 0) is 19.8 Å². The van der Waals surface area contributed by atoms with Crippen LogP contribution in [0.25, 0.3) is 0 Å². The largest absolute Gasteiger partial charge is 0.392 e. The standard InChI is InChI=1S/C10H16O2/c1-7-4-5-10(2,3)9(12)8(7)6-11/h11H,4-6H2,1-3H3. The minimum atomic E-state index is -0.266. The lowest BCUT2D eigenvalue weighted by Gasteiger charge is -2.29. The molecule has 0 saturated carbocycles. The van der Waals surface area contributed by atoms with E-state index in [0.717, 1.165) is 18.4 Å². The molecule has 0 aromatic rings. The first-order valence-corrected chi connectivity index (χ1v) is 4.33. The van der Waals surface area contributed by atoms with Gasteiger partial charge in [0.15, 0.2) is 5.78 Å². The van der Waals surface area contributed by atoms with E-state index in [0.29, 0.717) is 5.57 Å². The summed E-state index contributed by atoms with van der Waals surface area (Å²) < 4.78 is 0. The number of aliphatic hydroxyl groups is 1. The summed E-state index contributed by atoms with van der Waals surface area (Å²) in [4.78, 5) is 11.7. The molecule has 0 amide bonds. The highest BCUT2D eigenvalue weighted by atomic mass is 16.3. The third-order valence-corrected chi connectivity index (χ3v) is 2.69. The molecule has 68 valence electrons. The molecule has 1 rings (SSSR count). The molecule has 0 fully saturated rings. The first-order chi connectivity index (χ1) is 5.49. The fourth-order valence-corrected chi connectivity index (χ4v) is 1.57. The molecule has 2 nitrogen and oxygen atoms in total. The maximum absolute atomic E-state index is 11.7. The lowest BCUT2D eigenvalue weighted by atomic mass is 9.74. The molecule has 1 aliphatic carbocycles. The maximum Gasteiger partial charge on any atom is 0.166 e. The van der Waals surface area contributed by atoms with Gasteiger partial charge in [0.05, 0.1) is 6.61 Å². The summed E-state index contributed by atoms with van der Waals surface area (Å²) in [5.74, 6) is 0.119. The van der Waals surface area contributed by atoms with Crippen molar-refractivity contribution in [2.45, 2.75) is 33.6 Å². The molecular weight excluding hydrogens is 152 g/mol. The minimum Gasteiger partial charge on any atom is -0.392 e. The zero-order chi connectivity index (χ0) is 9.35. The number of Topliss-reactive ketones (excluding diaryl/α,β-unsaturated/α-hetero) is 1. The van der Waals surface area contributed by atoms with Gasteiger partial charge in [-0.3, -0.25) is 4.79 Å². The Hall–Kier alpha value is -0.630. The van der Waals surface area contributed by atoms with Crippen molar-refractivity contribution >= 4 is 5.78 Å². The van der Waals surface area contributed by atoms with Gasteiger partial charge < -0.3 is 5.11 Å². The fourth-order valence-electron chi connectivity index (χ4n) is 1.57. The summed E-state index contributed by atoms with van der Waals surface area (Å²) in [5.41, 5.74) is 1.42. The normalized spacial score (nSPS) is 23.2. The molecule has 0 aromatic carbocycles. The number of carbonyl (C=O) groups excluding carboxylic acids is 1. The molecule has 0 radical (unpaired) electrons. The van der Waals surface area contributed by atoms with E-state index in [2.05, 4.69) is 0 Å². The molecule has 0 atom stereocenters. The molecule has 0 bridgehead atoms. The lowest BCUT2D eigenvalue weighted by molar-refractivity contribution is -0.124. The molecule has 0 aromatic heterocycles. The van der Waals surface area contributed by atoms with Crippen LogP contribution < -0.4 is 0 Å². The van der Waals surface area contributed by atoms with Crippen LogP contribution in [-0.4, -0.2) is 17.5 Å². The summed E-state index contributed by atoms with van der Waals surface area (Å²) in [7, 11) is 0. The van der Waals surface area contributed by atoms with Crippen molar-refractivity contribution < 1.29 is 9.90 Å². The Morgan fingerprint density at radius 1 is 1.50 bits per heavy atom. The predicted octanol–water partition coefficient (Wildman–Crippen LogP) is 1.68. The second kappa shape index (κ2) is 3.02. The second-order valence-corrected chi connectivity index (χ2v) is 4.13. The van der Waals surface area contributed by atoms with Crippen molar-refractivity contribution in [3.63, 3.8) is 0 Å². The fraction of sp³-hybridized carbons (Fsp3) is 0.700. The van der Waals surface area contributed by atoms with Gasteiger partial charge in [0.25, 0.3) is 0 Å². The zero-order valence-electron chi connectivity index (χ0n) is 7.98. The zero-order valence-corrected chi connectivity index (χ0v) is 7.98. The summed E-state index contributed by atoms with van der Waals surface area (Å²) in [6, 6.07) is 0. The van der Waals surface area contributed by atoms with Gasteiger partial charge in [-0.15, -0.1) is 0 Å². The van der Waals surface area contributed by atoms with Gasteiger partial charge in [-0.25, -0.2) is 0 Å². The summed E-state index contributed by atoms with van der Waals surface area (Å²) in [6.07, 6.45) is 1.84. The van der Waals surface area contributed by atoms with Gasteiger partial charge in [-0.2, -0.15) is 0 Å². The number of hydrogen-bond acceptors (Lipinski definition) is 2. The highest BCUT2D eigenvalue weighted by Crippen LogP contribution is 2.34. The van der Waals surface area contributed by atoms with Crippen LogP contribution in [-0.2, 0) is 4.79 Å². The monoisotopic (exact) mass is 168 g/mol. The van der Waals surface area contributed by atoms with Crippen molar-refractivity contribution in [3.8, 4) is 0 Å². The minimum absolute atomic E-state index is 0.103. The highest BCUT2D eigenvalue weighted by molar-refractivity contribution is 6.01. The average molecular weight is 168 g/mol.